The van der Waals surface area contributed by atoms with Crippen LogP contribution in [0.4, 0.5) is 0 Å². The lowest BCUT2D eigenvalue weighted by Gasteiger charge is -2.32. The molecule has 0 unspecified atom stereocenters. The number of rotatable bonds is 5. The highest BCUT2D eigenvalue weighted by molar-refractivity contribution is 5.95. The summed E-state index contributed by atoms with van der Waals surface area (Å²) in [4.78, 5) is 14.8. The van der Waals surface area contributed by atoms with Gasteiger partial charge in [0.2, 0.25) is 0 Å². The molecular formula is C19H26N4O. The third kappa shape index (κ3) is 3.67. The Balaban J connectivity index is 1.67. The maximum Gasteiger partial charge on any atom is 0.257 e. The van der Waals surface area contributed by atoms with Crippen molar-refractivity contribution in [2.75, 3.05) is 26.7 Å². The molecule has 5 nitrogen and oxygen atoms in total. The van der Waals surface area contributed by atoms with E-state index in [0.717, 1.165) is 49.8 Å². The fraction of sp³-hybridized carbons (Fsp3) is 0.474. The van der Waals surface area contributed by atoms with Crippen molar-refractivity contribution in [1.29, 1.82) is 0 Å². The monoisotopic (exact) mass is 326 g/mol. The van der Waals surface area contributed by atoms with Crippen LogP contribution in [0, 0.1) is 12.8 Å². The smallest absolute Gasteiger partial charge is 0.257 e. The van der Waals surface area contributed by atoms with Gasteiger partial charge in [-0.05, 0) is 57.8 Å². The van der Waals surface area contributed by atoms with Gasteiger partial charge >= 0.3 is 0 Å². The van der Waals surface area contributed by atoms with Crippen molar-refractivity contribution in [1.82, 2.24) is 20.0 Å². The lowest BCUT2D eigenvalue weighted by molar-refractivity contribution is 0.0686. The topological polar surface area (TPSA) is 50.2 Å². The van der Waals surface area contributed by atoms with E-state index in [1.54, 1.807) is 4.68 Å². The minimum Gasteiger partial charge on any atom is -0.339 e. The molecule has 0 spiro atoms. The van der Waals surface area contributed by atoms with Crippen molar-refractivity contribution in [2.45, 2.75) is 26.2 Å². The summed E-state index contributed by atoms with van der Waals surface area (Å²) in [6.07, 6.45) is 5.25. The summed E-state index contributed by atoms with van der Waals surface area (Å²) in [5.41, 5.74) is 2.49. The van der Waals surface area contributed by atoms with Crippen LogP contribution in [0.2, 0.25) is 0 Å². The number of benzene rings is 1. The number of aromatic nitrogens is 2. The first kappa shape index (κ1) is 16.7. The second-order valence-corrected chi connectivity index (χ2v) is 6.54. The Labute approximate surface area is 143 Å². The standard InChI is InChI=1S/C19H26N4O/c1-15-18(14-23(21-15)17-6-4-3-5-7-17)19(24)22-12-9-16(10-13-22)8-11-20-2/h3-7,14,16,20H,8-13H2,1-2H3. The van der Waals surface area contributed by atoms with Crippen molar-refractivity contribution in [2.24, 2.45) is 5.92 Å². The van der Waals surface area contributed by atoms with Crippen molar-refractivity contribution < 1.29 is 4.79 Å². The van der Waals surface area contributed by atoms with Crippen LogP contribution in [0.1, 0.15) is 35.3 Å². The highest BCUT2D eigenvalue weighted by Gasteiger charge is 2.25. The minimum atomic E-state index is 0.113. The molecule has 1 aliphatic rings. The molecule has 1 saturated heterocycles. The number of carbonyl (C=O) groups excluding carboxylic acids is 1. The van der Waals surface area contributed by atoms with E-state index in [2.05, 4.69) is 10.4 Å². The molecule has 1 N–H and O–H groups in total. The fourth-order valence-corrected chi connectivity index (χ4v) is 3.33. The molecule has 5 heteroatoms. The van der Waals surface area contributed by atoms with Gasteiger partial charge in [-0.1, -0.05) is 18.2 Å². The maximum atomic E-state index is 12.8. The highest BCUT2D eigenvalue weighted by atomic mass is 16.2. The third-order valence-corrected chi connectivity index (χ3v) is 4.85. The lowest BCUT2D eigenvalue weighted by atomic mass is 9.93. The van der Waals surface area contributed by atoms with Crippen molar-refractivity contribution >= 4 is 5.91 Å². The molecule has 0 bridgehead atoms. The second kappa shape index (κ2) is 7.62. The zero-order valence-corrected chi connectivity index (χ0v) is 14.5. The summed E-state index contributed by atoms with van der Waals surface area (Å²) in [6, 6.07) is 9.92. The van der Waals surface area contributed by atoms with E-state index in [-0.39, 0.29) is 5.91 Å². The summed E-state index contributed by atoms with van der Waals surface area (Å²) in [5.74, 6) is 0.844. The molecule has 0 saturated carbocycles. The highest BCUT2D eigenvalue weighted by Crippen LogP contribution is 2.22. The Morgan fingerprint density at radius 2 is 1.96 bits per heavy atom. The van der Waals surface area contributed by atoms with Crippen LogP contribution in [0.3, 0.4) is 0 Å². The molecule has 1 aromatic carbocycles. The second-order valence-electron chi connectivity index (χ2n) is 6.54. The number of carbonyl (C=O) groups is 1. The van der Waals surface area contributed by atoms with Crippen molar-refractivity contribution in [3.8, 4) is 5.69 Å². The summed E-state index contributed by atoms with van der Waals surface area (Å²) in [5, 5.41) is 7.72. The molecule has 2 heterocycles. The molecule has 3 rings (SSSR count). The first-order chi connectivity index (χ1) is 11.7. The van der Waals surface area contributed by atoms with E-state index >= 15 is 0 Å². The van der Waals surface area contributed by atoms with E-state index in [9.17, 15) is 4.79 Å². The largest absolute Gasteiger partial charge is 0.339 e. The Kier molecular flexibility index (Phi) is 5.30. The Bertz CT molecular complexity index is 672. The van der Waals surface area contributed by atoms with Crippen LogP contribution in [0.5, 0.6) is 0 Å². The third-order valence-electron chi connectivity index (χ3n) is 4.85. The normalized spacial score (nSPS) is 15.7. The van der Waals surface area contributed by atoms with Crippen LogP contribution in [-0.4, -0.2) is 47.3 Å². The number of piperidine rings is 1. The molecular weight excluding hydrogens is 300 g/mol. The molecule has 24 heavy (non-hydrogen) atoms. The number of aryl methyl sites for hydroxylation is 1. The van der Waals surface area contributed by atoms with Gasteiger partial charge in [0.1, 0.15) is 0 Å². The van der Waals surface area contributed by atoms with Gasteiger partial charge in [-0.25, -0.2) is 4.68 Å². The van der Waals surface area contributed by atoms with Crippen LogP contribution in [0.15, 0.2) is 36.5 Å². The van der Waals surface area contributed by atoms with Crippen LogP contribution < -0.4 is 5.32 Å². The molecule has 0 aliphatic carbocycles. The van der Waals surface area contributed by atoms with E-state index in [4.69, 9.17) is 0 Å². The van der Waals surface area contributed by atoms with Crippen LogP contribution in [-0.2, 0) is 0 Å². The van der Waals surface area contributed by atoms with E-state index in [1.807, 2.05) is 55.4 Å². The van der Waals surface area contributed by atoms with Gasteiger partial charge in [0.05, 0.1) is 16.9 Å². The first-order valence-electron chi connectivity index (χ1n) is 8.74. The first-order valence-corrected chi connectivity index (χ1v) is 8.74. The molecule has 2 aromatic rings. The van der Waals surface area contributed by atoms with Gasteiger partial charge in [-0.15, -0.1) is 0 Å². The summed E-state index contributed by atoms with van der Waals surface area (Å²) < 4.78 is 1.79. The molecule has 0 radical (unpaired) electrons. The minimum absolute atomic E-state index is 0.113. The van der Waals surface area contributed by atoms with Crippen LogP contribution >= 0.6 is 0 Å². The number of hydrogen-bond donors (Lipinski definition) is 1. The summed E-state index contributed by atoms with van der Waals surface area (Å²) in [7, 11) is 1.99. The SMILES string of the molecule is CNCCC1CCN(C(=O)c2cn(-c3ccccc3)nc2C)CC1. The van der Waals surface area contributed by atoms with E-state index < -0.39 is 0 Å². The van der Waals surface area contributed by atoms with Gasteiger partial charge in [0, 0.05) is 19.3 Å². The average molecular weight is 326 g/mol. The average Bonchev–Trinajstić information content (AvgIpc) is 3.02. The number of amides is 1. The van der Waals surface area contributed by atoms with Gasteiger partial charge in [0.25, 0.3) is 5.91 Å². The predicted octanol–water partition coefficient (Wildman–Crippen LogP) is 2.64. The van der Waals surface area contributed by atoms with Crippen molar-refractivity contribution in [3.05, 3.63) is 47.8 Å². The maximum absolute atomic E-state index is 12.8. The van der Waals surface area contributed by atoms with Crippen LogP contribution in [0.25, 0.3) is 5.69 Å². The zero-order chi connectivity index (χ0) is 16.9. The van der Waals surface area contributed by atoms with Gasteiger partial charge in [-0.3, -0.25) is 4.79 Å². The fourth-order valence-electron chi connectivity index (χ4n) is 3.33. The van der Waals surface area contributed by atoms with Gasteiger partial charge in [-0.2, -0.15) is 5.10 Å². The lowest BCUT2D eigenvalue weighted by Crippen LogP contribution is -2.39. The van der Waals surface area contributed by atoms with E-state index in [0.29, 0.717) is 5.56 Å². The van der Waals surface area contributed by atoms with Gasteiger partial charge in [0.15, 0.2) is 0 Å². The zero-order valence-electron chi connectivity index (χ0n) is 14.5. The molecule has 1 amide bonds. The number of para-hydroxylation sites is 1. The molecule has 1 aliphatic heterocycles. The molecule has 1 fully saturated rings. The van der Waals surface area contributed by atoms with Gasteiger partial charge < -0.3 is 10.2 Å². The Morgan fingerprint density at radius 1 is 1.25 bits per heavy atom. The Hall–Kier alpha value is -2.14. The number of nitrogens with one attached hydrogen (secondary N) is 1. The molecule has 0 atom stereocenters. The van der Waals surface area contributed by atoms with Crippen molar-refractivity contribution in [3.63, 3.8) is 0 Å². The number of hydrogen-bond acceptors (Lipinski definition) is 3. The number of likely N-dealkylation sites (tertiary alicyclic amines) is 1. The van der Waals surface area contributed by atoms with E-state index in [1.165, 1.54) is 6.42 Å². The summed E-state index contributed by atoms with van der Waals surface area (Å²) >= 11 is 0. The summed E-state index contributed by atoms with van der Waals surface area (Å²) in [6.45, 7) is 4.67. The Morgan fingerprint density at radius 3 is 2.62 bits per heavy atom. The number of nitrogens with zero attached hydrogens (tertiary/aromatic N) is 3. The molecule has 128 valence electrons. The predicted molar refractivity (Wildman–Crippen MR) is 95.5 cm³/mol. The molecule has 1 aromatic heterocycles. The quantitative estimate of drug-likeness (QED) is 0.919.